The Kier molecular flexibility index (Phi) is 4.14. The van der Waals surface area contributed by atoms with Gasteiger partial charge in [0.25, 0.3) is 0 Å². The minimum absolute atomic E-state index is 0.0214. The van der Waals surface area contributed by atoms with E-state index in [9.17, 15) is 24.9 Å². The third-order valence-electron chi connectivity index (χ3n) is 4.11. The maximum absolute atomic E-state index is 12.0. The molecule has 6 nitrogen and oxygen atoms in total. The van der Waals surface area contributed by atoms with Crippen molar-refractivity contribution in [2.75, 3.05) is 0 Å². The Hall–Kier alpha value is -2.99. The first-order chi connectivity index (χ1) is 11.8. The minimum atomic E-state index is -1.23. The van der Waals surface area contributed by atoms with Crippen LogP contribution in [0.15, 0.2) is 36.4 Å². The largest absolute Gasteiger partial charge is 0.508 e. The summed E-state index contributed by atoms with van der Waals surface area (Å²) in [5.74, 6) is -3.70. The van der Waals surface area contributed by atoms with Gasteiger partial charge < -0.3 is 20.3 Å². The highest BCUT2D eigenvalue weighted by Crippen LogP contribution is 2.38. The van der Waals surface area contributed by atoms with Crippen molar-refractivity contribution < 1.29 is 24.9 Å². The van der Waals surface area contributed by atoms with Gasteiger partial charge in [-0.25, -0.2) is 4.79 Å². The summed E-state index contributed by atoms with van der Waals surface area (Å²) in [4.78, 5) is 26.6. The van der Waals surface area contributed by atoms with Crippen LogP contribution in [0.25, 0.3) is 10.9 Å². The van der Waals surface area contributed by atoms with Gasteiger partial charge in [0.2, 0.25) is 0 Å². The standard InChI is InChI=1S/C18H14ClNO5/c1-8-14(17(22)23)16-10(3-2-4-13(16)20-8)15(18(24)25)11-7-9(21)5-6-12(11)19/h2-7,15,20-21H,1H3,(H,22,23)(H,24,25). The number of phenolic OH excluding ortho intramolecular Hbond substituents is 1. The van der Waals surface area contributed by atoms with Crippen molar-refractivity contribution in [1.29, 1.82) is 0 Å². The zero-order valence-corrected chi connectivity index (χ0v) is 13.8. The number of H-pyrrole nitrogens is 1. The third-order valence-corrected chi connectivity index (χ3v) is 4.45. The SMILES string of the molecule is Cc1[nH]c2cccc(C(C(=O)O)c3cc(O)ccc3Cl)c2c1C(=O)O. The number of aryl methyl sites for hydroxylation is 1. The Morgan fingerprint density at radius 2 is 1.84 bits per heavy atom. The molecule has 2 aromatic carbocycles. The van der Waals surface area contributed by atoms with E-state index in [1.165, 1.54) is 18.2 Å². The molecule has 1 heterocycles. The third kappa shape index (κ3) is 2.81. The first-order valence-electron chi connectivity index (χ1n) is 7.37. The highest BCUT2D eigenvalue weighted by atomic mass is 35.5. The molecule has 0 bridgehead atoms. The van der Waals surface area contributed by atoms with Crippen LogP contribution in [-0.2, 0) is 4.79 Å². The Bertz CT molecular complexity index is 1010. The number of hydrogen-bond donors (Lipinski definition) is 4. The number of carboxylic acids is 2. The normalized spacial score (nSPS) is 12.2. The molecule has 7 heteroatoms. The summed E-state index contributed by atoms with van der Waals surface area (Å²) in [6.45, 7) is 1.62. The van der Waals surface area contributed by atoms with E-state index in [0.717, 1.165) is 0 Å². The summed E-state index contributed by atoms with van der Waals surface area (Å²) in [6.07, 6.45) is 0. The van der Waals surface area contributed by atoms with E-state index in [2.05, 4.69) is 4.98 Å². The van der Waals surface area contributed by atoms with E-state index in [4.69, 9.17) is 11.6 Å². The molecule has 25 heavy (non-hydrogen) atoms. The molecule has 0 amide bonds. The highest BCUT2D eigenvalue weighted by molar-refractivity contribution is 6.31. The van der Waals surface area contributed by atoms with Crippen LogP contribution >= 0.6 is 11.6 Å². The summed E-state index contributed by atoms with van der Waals surface area (Å²) in [5, 5.41) is 29.5. The molecule has 3 rings (SSSR count). The average molecular weight is 360 g/mol. The van der Waals surface area contributed by atoms with Gasteiger partial charge in [0, 0.05) is 21.6 Å². The van der Waals surface area contributed by atoms with Gasteiger partial charge in [-0.1, -0.05) is 23.7 Å². The summed E-state index contributed by atoms with van der Waals surface area (Å²) >= 11 is 6.15. The summed E-state index contributed by atoms with van der Waals surface area (Å²) < 4.78 is 0. The molecule has 0 spiro atoms. The van der Waals surface area contributed by atoms with E-state index in [1.807, 2.05) is 0 Å². The van der Waals surface area contributed by atoms with Crippen LogP contribution < -0.4 is 0 Å². The maximum atomic E-state index is 12.0. The Morgan fingerprint density at radius 1 is 1.12 bits per heavy atom. The van der Waals surface area contributed by atoms with E-state index < -0.39 is 17.9 Å². The predicted molar refractivity (Wildman–Crippen MR) is 92.6 cm³/mol. The van der Waals surface area contributed by atoms with E-state index in [-0.39, 0.29) is 21.9 Å². The van der Waals surface area contributed by atoms with Crippen molar-refractivity contribution in [3.63, 3.8) is 0 Å². The van der Waals surface area contributed by atoms with Gasteiger partial charge in [-0.2, -0.15) is 0 Å². The van der Waals surface area contributed by atoms with Gasteiger partial charge in [0.1, 0.15) is 11.7 Å². The van der Waals surface area contributed by atoms with Crippen LogP contribution in [0.4, 0.5) is 0 Å². The van der Waals surface area contributed by atoms with Gasteiger partial charge >= 0.3 is 11.9 Å². The highest BCUT2D eigenvalue weighted by Gasteiger charge is 2.29. The molecule has 0 radical (unpaired) electrons. The lowest BCUT2D eigenvalue weighted by atomic mass is 9.87. The van der Waals surface area contributed by atoms with E-state index >= 15 is 0 Å². The molecule has 0 aliphatic carbocycles. The number of carboxylic acid groups (broad SMARTS) is 2. The number of aromatic carboxylic acids is 1. The number of benzene rings is 2. The van der Waals surface area contributed by atoms with E-state index in [1.54, 1.807) is 25.1 Å². The smallest absolute Gasteiger partial charge is 0.338 e. The van der Waals surface area contributed by atoms with Crippen molar-refractivity contribution in [1.82, 2.24) is 4.98 Å². The van der Waals surface area contributed by atoms with Crippen LogP contribution in [0.5, 0.6) is 5.75 Å². The van der Waals surface area contributed by atoms with Gasteiger partial charge in [0.15, 0.2) is 0 Å². The fourth-order valence-corrected chi connectivity index (χ4v) is 3.33. The molecular formula is C18H14ClNO5. The summed E-state index contributed by atoms with van der Waals surface area (Å²) in [7, 11) is 0. The van der Waals surface area contributed by atoms with Gasteiger partial charge in [-0.05, 0) is 42.3 Å². The van der Waals surface area contributed by atoms with Crippen LogP contribution in [0.1, 0.15) is 33.1 Å². The fourth-order valence-electron chi connectivity index (χ4n) is 3.10. The van der Waals surface area contributed by atoms with Crippen molar-refractivity contribution in [2.24, 2.45) is 0 Å². The minimum Gasteiger partial charge on any atom is -0.508 e. The lowest BCUT2D eigenvalue weighted by Gasteiger charge is -2.17. The number of rotatable bonds is 4. The number of fused-ring (bicyclic) bond motifs is 1. The molecule has 4 N–H and O–H groups in total. The predicted octanol–water partition coefficient (Wildman–Crippen LogP) is 3.75. The number of hydrogen-bond acceptors (Lipinski definition) is 3. The van der Waals surface area contributed by atoms with Gasteiger partial charge in [0.05, 0.1) is 5.56 Å². The van der Waals surface area contributed by atoms with Crippen LogP contribution in [0.3, 0.4) is 0 Å². The van der Waals surface area contributed by atoms with Gasteiger partial charge in [-0.15, -0.1) is 0 Å². The molecule has 0 saturated heterocycles. The monoisotopic (exact) mass is 359 g/mol. The van der Waals surface area contributed by atoms with Crippen molar-refractivity contribution in [2.45, 2.75) is 12.8 Å². The zero-order chi connectivity index (χ0) is 18.3. The number of aliphatic carboxylic acids is 1. The Morgan fingerprint density at radius 3 is 2.48 bits per heavy atom. The molecule has 0 fully saturated rings. The number of aromatic nitrogens is 1. The Labute approximate surface area is 147 Å². The lowest BCUT2D eigenvalue weighted by molar-refractivity contribution is -0.137. The number of aromatic hydroxyl groups is 1. The fraction of sp³-hybridized carbons (Fsp3) is 0.111. The first kappa shape index (κ1) is 16.9. The molecule has 1 unspecified atom stereocenters. The van der Waals surface area contributed by atoms with Crippen molar-refractivity contribution in [3.05, 3.63) is 63.8 Å². The zero-order valence-electron chi connectivity index (χ0n) is 13.1. The second-order valence-electron chi connectivity index (χ2n) is 5.68. The van der Waals surface area contributed by atoms with Crippen molar-refractivity contribution >= 4 is 34.4 Å². The number of carbonyl (C=O) groups is 2. The van der Waals surface area contributed by atoms with Crippen LogP contribution in [-0.4, -0.2) is 32.2 Å². The second-order valence-corrected chi connectivity index (χ2v) is 6.08. The van der Waals surface area contributed by atoms with E-state index in [0.29, 0.717) is 22.2 Å². The molecule has 0 aliphatic heterocycles. The number of nitrogens with one attached hydrogen (secondary N) is 1. The molecule has 1 atom stereocenters. The number of aromatic amines is 1. The topological polar surface area (TPSA) is 111 Å². The molecule has 128 valence electrons. The molecule has 3 aromatic rings. The quantitative estimate of drug-likeness (QED) is 0.567. The molecule has 0 aliphatic rings. The lowest BCUT2D eigenvalue weighted by Crippen LogP contribution is -2.14. The average Bonchev–Trinajstić information content (AvgIpc) is 2.87. The van der Waals surface area contributed by atoms with Gasteiger partial charge in [-0.3, -0.25) is 4.79 Å². The van der Waals surface area contributed by atoms with Crippen LogP contribution in [0.2, 0.25) is 5.02 Å². The number of halogens is 1. The van der Waals surface area contributed by atoms with Crippen molar-refractivity contribution in [3.8, 4) is 5.75 Å². The second kappa shape index (κ2) is 6.14. The maximum Gasteiger partial charge on any atom is 0.338 e. The molecule has 1 aromatic heterocycles. The molecular weight excluding hydrogens is 346 g/mol. The van der Waals surface area contributed by atoms with Crippen LogP contribution in [0, 0.1) is 6.92 Å². The number of phenols is 1. The summed E-state index contributed by atoms with van der Waals surface area (Å²) in [6, 6.07) is 8.92. The summed E-state index contributed by atoms with van der Waals surface area (Å²) in [5.41, 5.74) is 1.46. The first-order valence-corrected chi connectivity index (χ1v) is 7.74. The molecule has 0 saturated carbocycles. The Balaban J connectivity index is 2.37.